The van der Waals surface area contributed by atoms with E-state index in [0.717, 1.165) is 24.3 Å². The molecule has 2 heterocycles. The first-order valence-corrected chi connectivity index (χ1v) is 8.52. The Morgan fingerprint density at radius 1 is 1.19 bits per heavy atom. The van der Waals surface area contributed by atoms with Gasteiger partial charge in [0.15, 0.2) is 0 Å². The van der Waals surface area contributed by atoms with Gasteiger partial charge in [-0.2, -0.15) is 0 Å². The lowest BCUT2D eigenvalue weighted by atomic mass is 10.1. The van der Waals surface area contributed by atoms with Gasteiger partial charge in [0.1, 0.15) is 4.99 Å². The fourth-order valence-corrected chi connectivity index (χ4v) is 3.86. The zero-order chi connectivity index (χ0) is 14.8. The Bertz CT molecular complexity index is 528. The van der Waals surface area contributed by atoms with E-state index in [9.17, 15) is 0 Å². The van der Waals surface area contributed by atoms with Crippen molar-refractivity contribution in [3.63, 3.8) is 0 Å². The molecule has 21 heavy (non-hydrogen) atoms. The molecular weight excluding hydrogens is 302 g/mol. The number of piperidine rings is 1. The van der Waals surface area contributed by atoms with E-state index in [0.29, 0.717) is 16.1 Å². The Kier molecular flexibility index (Phi) is 4.67. The van der Waals surface area contributed by atoms with Crippen LogP contribution in [0.1, 0.15) is 31.2 Å². The number of hydrogen-bond acceptors (Lipinski definition) is 3. The lowest BCUT2D eigenvalue weighted by Gasteiger charge is -2.32. The van der Waals surface area contributed by atoms with Crippen molar-refractivity contribution in [2.45, 2.75) is 31.7 Å². The topological polar surface area (TPSA) is 32.5 Å². The fraction of sp³-hybridized carbons (Fsp3) is 0.562. The highest BCUT2D eigenvalue weighted by atomic mass is 35.5. The number of nitrogens with zero attached hydrogens (tertiary/aromatic N) is 2. The summed E-state index contributed by atoms with van der Waals surface area (Å²) in [7, 11) is 0. The summed E-state index contributed by atoms with van der Waals surface area (Å²) in [6.45, 7) is 4.64. The third-order valence-electron chi connectivity index (χ3n) is 4.64. The van der Waals surface area contributed by atoms with Crippen molar-refractivity contribution in [1.29, 1.82) is 0 Å². The molecule has 2 aliphatic heterocycles. The van der Waals surface area contributed by atoms with E-state index in [4.69, 9.17) is 29.6 Å². The van der Waals surface area contributed by atoms with Crippen LogP contribution < -0.4 is 10.6 Å². The lowest BCUT2D eigenvalue weighted by Crippen LogP contribution is -2.41. The summed E-state index contributed by atoms with van der Waals surface area (Å²) < 4.78 is 0. The first-order valence-electron chi connectivity index (χ1n) is 7.73. The van der Waals surface area contributed by atoms with Gasteiger partial charge >= 0.3 is 0 Å². The Morgan fingerprint density at radius 2 is 1.95 bits per heavy atom. The molecule has 1 unspecified atom stereocenters. The summed E-state index contributed by atoms with van der Waals surface area (Å²) in [6, 6.07) is 6.52. The first-order chi connectivity index (χ1) is 10.1. The van der Waals surface area contributed by atoms with Crippen molar-refractivity contribution >= 4 is 34.5 Å². The van der Waals surface area contributed by atoms with Crippen molar-refractivity contribution < 1.29 is 0 Å². The van der Waals surface area contributed by atoms with Crippen molar-refractivity contribution in [3.8, 4) is 0 Å². The number of anilines is 1. The van der Waals surface area contributed by atoms with Crippen molar-refractivity contribution in [1.82, 2.24) is 4.90 Å². The summed E-state index contributed by atoms with van der Waals surface area (Å²) in [5, 5.41) is 0.688. The van der Waals surface area contributed by atoms with Crippen LogP contribution in [-0.4, -0.2) is 42.1 Å². The highest BCUT2D eigenvalue weighted by Gasteiger charge is 2.29. The molecule has 0 bridgehead atoms. The predicted molar refractivity (Wildman–Crippen MR) is 93.4 cm³/mol. The van der Waals surface area contributed by atoms with Gasteiger partial charge in [0, 0.05) is 35.4 Å². The monoisotopic (exact) mass is 323 g/mol. The zero-order valence-electron chi connectivity index (χ0n) is 12.2. The molecule has 0 spiro atoms. The highest BCUT2D eigenvalue weighted by Crippen LogP contribution is 2.29. The second-order valence-electron chi connectivity index (χ2n) is 6.01. The number of benzene rings is 1. The molecule has 114 valence electrons. The Balaban J connectivity index is 1.75. The quantitative estimate of drug-likeness (QED) is 0.867. The highest BCUT2D eigenvalue weighted by molar-refractivity contribution is 7.80. The van der Waals surface area contributed by atoms with Crippen LogP contribution in [0.4, 0.5) is 5.69 Å². The second-order valence-corrected chi connectivity index (χ2v) is 6.89. The van der Waals surface area contributed by atoms with Crippen LogP contribution in [0.2, 0.25) is 5.02 Å². The van der Waals surface area contributed by atoms with Crippen molar-refractivity contribution in [3.05, 3.63) is 28.8 Å². The average Bonchev–Trinajstić information content (AvgIpc) is 2.97. The molecule has 0 aromatic heterocycles. The minimum Gasteiger partial charge on any atom is -0.389 e. The standard InChI is InChI=1S/C16H22ClN3S/c17-12-4-5-15(14(10-12)16(18)21)20-9-6-13(11-20)19-7-2-1-3-8-19/h4-5,10,13H,1-3,6-9,11H2,(H2,18,21). The smallest absolute Gasteiger partial charge is 0.106 e. The van der Waals surface area contributed by atoms with Gasteiger partial charge < -0.3 is 10.6 Å². The minimum atomic E-state index is 0.425. The summed E-state index contributed by atoms with van der Waals surface area (Å²) in [4.78, 5) is 5.48. The van der Waals surface area contributed by atoms with Crippen molar-refractivity contribution in [2.75, 3.05) is 31.1 Å². The summed E-state index contributed by atoms with van der Waals surface area (Å²) in [5.41, 5.74) is 7.89. The number of thiocarbonyl (C=S) groups is 1. The molecule has 2 N–H and O–H groups in total. The number of hydrogen-bond donors (Lipinski definition) is 1. The summed E-state index contributed by atoms with van der Waals surface area (Å²) in [6.07, 6.45) is 5.29. The SMILES string of the molecule is NC(=S)c1cc(Cl)ccc1N1CCC(N2CCCCC2)C1. The minimum absolute atomic E-state index is 0.425. The van der Waals surface area contributed by atoms with Gasteiger partial charge in [0.05, 0.1) is 0 Å². The van der Waals surface area contributed by atoms with E-state index in [1.54, 1.807) is 0 Å². The molecule has 2 saturated heterocycles. The van der Waals surface area contributed by atoms with Crippen LogP contribution in [0, 0.1) is 0 Å². The number of likely N-dealkylation sites (tertiary alicyclic amines) is 1. The lowest BCUT2D eigenvalue weighted by molar-refractivity contribution is 0.175. The Labute approximate surface area is 137 Å². The average molecular weight is 324 g/mol. The van der Waals surface area contributed by atoms with E-state index in [2.05, 4.69) is 15.9 Å². The molecule has 1 atom stereocenters. The second kappa shape index (κ2) is 6.51. The van der Waals surface area contributed by atoms with E-state index in [1.807, 2.05) is 12.1 Å². The van der Waals surface area contributed by atoms with Gasteiger partial charge in [0.2, 0.25) is 0 Å². The molecule has 1 aromatic rings. The number of halogens is 1. The maximum absolute atomic E-state index is 6.08. The van der Waals surface area contributed by atoms with Crippen LogP contribution in [0.5, 0.6) is 0 Å². The van der Waals surface area contributed by atoms with E-state index >= 15 is 0 Å². The molecule has 2 fully saturated rings. The van der Waals surface area contributed by atoms with Gasteiger partial charge in [-0.1, -0.05) is 30.2 Å². The number of rotatable bonds is 3. The van der Waals surface area contributed by atoms with E-state index < -0.39 is 0 Å². The largest absolute Gasteiger partial charge is 0.389 e. The summed E-state index contributed by atoms with van der Waals surface area (Å²) >= 11 is 11.3. The van der Waals surface area contributed by atoms with Gasteiger partial charge in [0.25, 0.3) is 0 Å². The molecule has 0 radical (unpaired) electrons. The van der Waals surface area contributed by atoms with Crippen LogP contribution in [0.3, 0.4) is 0 Å². The molecule has 3 nitrogen and oxygen atoms in total. The maximum Gasteiger partial charge on any atom is 0.106 e. The zero-order valence-corrected chi connectivity index (χ0v) is 13.8. The van der Waals surface area contributed by atoms with Gasteiger partial charge in [-0.15, -0.1) is 0 Å². The van der Waals surface area contributed by atoms with Gasteiger partial charge in [-0.3, -0.25) is 4.90 Å². The molecule has 1 aromatic carbocycles. The third-order valence-corrected chi connectivity index (χ3v) is 5.09. The van der Waals surface area contributed by atoms with Crippen LogP contribution in [0.15, 0.2) is 18.2 Å². The molecule has 3 rings (SSSR count). The molecule has 2 aliphatic rings. The summed E-state index contributed by atoms with van der Waals surface area (Å²) in [5.74, 6) is 0. The van der Waals surface area contributed by atoms with E-state index in [1.165, 1.54) is 38.8 Å². The maximum atomic E-state index is 6.08. The van der Waals surface area contributed by atoms with Gasteiger partial charge in [-0.25, -0.2) is 0 Å². The Morgan fingerprint density at radius 3 is 2.67 bits per heavy atom. The van der Waals surface area contributed by atoms with Crippen LogP contribution in [0.25, 0.3) is 0 Å². The predicted octanol–water partition coefficient (Wildman–Crippen LogP) is 3.04. The van der Waals surface area contributed by atoms with Gasteiger partial charge in [-0.05, 0) is 50.6 Å². The normalized spacial score (nSPS) is 23.5. The Hall–Kier alpha value is -0.840. The van der Waals surface area contributed by atoms with Crippen LogP contribution >= 0.6 is 23.8 Å². The van der Waals surface area contributed by atoms with E-state index in [-0.39, 0.29) is 0 Å². The third kappa shape index (κ3) is 3.33. The van der Waals surface area contributed by atoms with Crippen LogP contribution in [-0.2, 0) is 0 Å². The molecule has 0 aliphatic carbocycles. The molecule has 5 heteroatoms. The molecule has 0 saturated carbocycles. The number of nitrogens with two attached hydrogens (primary N) is 1. The molecular formula is C16H22ClN3S. The fourth-order valence-electron chi connectivity index (χ4n) is 3.52. The van der Waals surface area contributed by atoms with Crippen molar-refractivity contribution in [2.24, 2.45) is 5.73 Å². The molecule has 0 amide bonds. The first kappa shape index (κ1) is 15.1.